The Hall–Kier alpha value is -5.09. The minimum atomic E-state index is -3.67. The van der Waals surface area contributed by atoms with Gasteiger partial charge in [0.25, 0.3) is 21.7 Å². The average Bonchev–Trinajstić information content (AvgIpc) is 3.50. The fourth-order valence-electron chi connectivity index (χ4n) is 4.74. The van der Waals surface area contributed by atoms with Gasteiger partial charge in [-0.3, -0.25) is 19.3 Å². The van der Waals surface area contributed by atoms with E-state index in [1.165, 1.54) is 29.1 Å². The third kappa shape index (κ3) is 5.44. The SMILES string of the molecule is CS(=O)(=O)O.NC(=O)c1nn(-c2ccc3onc(N)c3c2)c2c(F)c(-c3ccc(N4CCCCC4=O)c[n+]3O)ccc12. The number of benzene rings is 2. The smallest absolute Gasteiger partial charge is 0.269 e. The number of aromatic nitrogens is 4. The van der Waals surface area contributed by atoms with Crippen LogP contribution in [0.3, 0.4) is 0 Å². The van der Waals surface area contributed by atoms with Gasteiger partial charge in [-0.05, 0) is 49.2 Å². The monoisotopic (exact) mass is 598 g/mol. The molecule has 42 heavy (non-hydrogen) atoms. The number of anilines is 2. The predicted octanol–water partition coefficient (Wildman–Crippen LogP) is 2.20. The summed E-state index contributed by atoms with van der Waals surface area (Å²) in [6.07, 6.45) is 4.22. The van der Waals surface area contributed by atoms with Gasteiger partial charge in [0.05, 0.1) is 22.9 Å². The molecule has 0 aliphatic carbocycles. The molecule has 16 heteroatoms. The van der Waals surface area contributed by atoms with Crippen molar-refractivity contribution in [1.29, 1.82) is 0 Å². The first-order chi connectivity index (χ1) is 19.8. The third-order valence-corrected chi connectivity index (χ3v) is 6.57. The Balaban J connectivity index is 0.000000652. The summed E-state index contributed by atoms with van der Waals surface area (Å²) in [4.78, 5) is 26.0. The number of piperidine rings is 1. The van der Waals surface area contributed by atoms with Crippen molar-refractivity contribution in [3.63, 3.8) is 0 Å². The zero-order valence-corrected chi connectivity index (χ0v) is 22.9. The molecular formula is C26H25FN7O7S+. The molecule has 2 amide bonds. The number of nitrogens with zero attached hydrogens (tertiary/aromatic N) is 5. The molecule has 0 bridgehead atoms. The van der Waals surface area contributed by atoms with Crippen molar-refractivity contribution >= 4 is 55.3 Å². The van der Waals surface area contributed by atoms with Crippen LogP contribution in [0.15, 0.2) is 53.2 Å². The minimum absolute atomic E-state index is 0.0176. The highest BCUT2D eigenvalue weighted by molar-refractivity contribution is 7.85. The van der Waals surface area contributed by atoms with Crippen LogP contribution in [0.5, 0.6) is 0 Å². The summed E-state index contributed by atoms with van der Waals surface area (Å²) in [5.74, 6) is -1.44. The fraction of sp³-hybridized carbons (Fsp3) is 0.192. The van der Waals surface area contributed by atoms with E-state index in [0.717, 1.165) is 17.6 Å². The van der Waals surface area contributed by atoms with E-state index in [4.69, 9.17) is 20.5 Å². The molecule has 1 aliphatic rings. The van der Waals surface area contributed by atoms with E-state index in [1.807, 2.05) is 0 Å². The van der Waals surface area contributed by atoms with E-state index in [1.54, 1.807) is 29.2 Å². The van der Waals surface area contributed by atoms with Crippen LogP contribution in [0, 0.1) is 5.82 Å². The maximum absolute atomic E-state index is 16.2. The van der Waals surface area contributed by atoms with Crippen LogP contribution in [0.25, 0.3) is 38.8 Å². The first kappa shape index (κ1) is 28.4. The first-order valence-electron chi connectivity index (χ1n) is 12.5. The number of halogens is 1. The van der Waals surface area contributed by atoms with Crippen molar-refractivity contribution in [2.45, 2.75) is 19.3 Å². The number of pyridine rings is 1. The summed E-state index contributed by atoms with van der Waals surface area (Å²) < 4.78 is 49.2. The van der Waals surface area contributed by atoms with Crippen LogP contribution in [0.4, 0.5) is 15.9 Å². The van der Waals surface area contributed by atoms with Crippen molar-refractivity contribution < 1.29 is 41.4 Å². The molecule has 6 N–H and O–H groups in total. The number of nitrogen functional groups attached to an aromatic ring is 1. The number of hydrogen-bond donors (Lipinski definition) is 4. The molecule has 4 heterocycles. The Labute approximate surface area is 237 Å². The van der Waals surface area contributed by atoms with Gasteiger partial charge in [-0.2, -0.15) is 13.5 Å². The predicted molar refractivity (Wildman–Crippen MR) is 148 cm³/mol. The molecule has 218 valence electrons. The highest BCUT2D eigenvalue weighted by Crippen LogP contribution is 2.33. The number of hydrogen-bond acceptors (Lipinski definition) is 9. The molecule has 1 saturated heterocycles. The Kier molecular flexibility index (Phi) is 7.26. The van der Waals surface area contributed by atoms with E-state index in [-0.39, 0.29) is 39.6 Å². The second-order valence-corrected chi connectivity index (χ2v) is 11.0. The number of nitrogens with two attached hydrogens (primary N) is 2. The van der Waals surface area contributed by atoms with Gasteiger partial charge in [0.2, 0.25) is 12.1 Å². The lowest BCUT2D eigenvalue weighted by molar-refractivity contribution is -0.895. The Morgan fingerprint density at radius 1 is 1.12 bits per heavy atom. The van der Waals surface area contributed by atoms with E-state index >= 15 is 4.39 Å². The summed E-state index contributed by atoms with van der Waals surface area (Å²) in [6, 6.07) is 11.0. The normalized spacial score (nSPS) is 13.8. The van der Waals surface area contributed by atoms with Crippen LogP contribution in [-0.2, 0) is 14.9 Å². The number of primary amides is 1. The van der Waals surface area contributed by atoms with Crippen LogP contribution < -0.4 is 21.1 Å². The number of carbonyl (C=O) groups is 2. The molecule has 2 aromatic carbocycles. The maximum atomic E-state index is 16.2. The molecule has 0 saturated carbocycles. The lowest BCUT2D eigenvalue weighted by atomic mass is 10.1. The molecule has 14 nitrogen and oxygen atoms in total. The van der Waals surface area contributed by atoms with Crippen molar-refractivity contribution in [2.24, 2.45) is 5.73 Å². The van der Waals surface area contributed by atoms with Gasteiger partial charge in [0, 0.05) is 29.1 Å². The molecule has 5 aromatic rings. The van der Waals surface area contributed by atoms with Gasteiger partial charge in [0.15, 0.2) is 22.9 Å². The topological polar surface area (TPSA) is 212 Å². The van der Waals surface area contributed by atoms with Gasteiger partial charge < -0.3 is 20.9 Å². The lowest BCUT2D eigenvalue weighted by Crippen LogP contribution is -2.39. The Bertz CT molecular complexity index is 1980. The second-order valence-electron chi connectivity index (χ2n) is 9.55. The third-order valence-electron chi connectivity index (χ3n) is 6.57. The molecule has 3 aromatic heterocycles. The summed E-state index contributed by atoms with van der Waals surface area (Å²) in [6.45, 7) is 0.550. The molecule has 0 unspecified atom stereocenters. The summed E-state index contributed by atoms with van der Waals surface area (Å²) in [5.41, 5.74) is 12.8. The van der Waals surface area contributed by atoms with Crippen molar-refractivity contribution in [2.75, 3.05) is 23.4 Å². The lowest BCUT2D eigenvalue weighted by Gasteiger charge is -2.25. The molecule has 6 rings (SSSR count). The van der Waals surface area contributed by atoms with Crippen molar-refractivity contribution in [3.8, 4) is 16.9 Å². The van der Waals surface area contributed by atoms with E-state index in [2.05, 4.69) is 10.3 Å². The minimum Gasteiger partial charge on any atom is -0.380 e. The van der Waals surface area contributed by atoms with E-state index < -0.39 is 21.8 Å². The van der Waals surface area contributed by atoms with Gasteiger partial charge in [-0.15, -0.1) is 0 Å². The second kappa shape index (κ2) is 10.7. The fourth-order valence-corrected chi connectivity index (χ4v) is 4.74. The molecular weight excluding hydrogens is 573 g/mol. The Morgan fingerprint density at radius 3 is 2.50 bits per heavy atom. The van der Waals surface area contributed by atoms with E-state index in [0.29, 0.717) is 41.6 Å². The largest absolute Gasteiger partial charge is 0.380 e. The Morgan fingerprint density at radius 2 is 1.83 bits per heavy atom. The zero-order chi connectivity index (χ0) is 30.3. The van der Waals surface area contributed by atoms with E-state index in [9.17, 15) is 23.2 Å². The van der Waals surface area contributed by atoms with Crippen molar-refractivity contribution in [1.82, 2.24) is 14.9 Å². The van der Waals surface area contributed by atoms with Crippen LogP contribution in [-0.4, -0.2) is 57.7 Å². The highest BCUT2D eigenvalue weighted by Gasteiger charge is 2.28. The van der Waals surface area contributed by atoms with Crippen LogP contribution in [0.1, 0.15) is 29.8 Å². The number of fused-ring (bicyclic) bond motifs is 2. The molecule has 0 atom stereocenters. The van der Waals surface area contributed by atoms with Gasteiger partial charge in [-0.25, -0.2) is 9.07 Å². The quantitative estimate of drug-likeness (QED) is 0.134. The number of rotatable bonds is 4. The highest BCUT2D eigenvalue weighted by atomic mass is 32.2. The summed E-state index contributed by atoms with van der Waals surface area (Å²) >= 11 is 0. The van der Waals surface area contributed by atoms with Crippen molar-refractivity contribution in [3.05, 3.63) is 60.2 Å². The maximum Gasteiger partial charge on any atom is 0.269 e. The van der Waals surface area contributed by atoms with Gasteiger partial charge >= 0.3 is 0 Å². The molecule has 0 spiro atoms. The molecule has 1 aliphatic heterocycles. The van der Waals surface area contributed by atoms with Gasteiger partial charge in [-0.1, -0.05) is 5.16 Å². The number of carbonyl (C=O) groups excluding carboxylic acids is 2. The summed E-state index contributed by atoms with van der Waals surface area (Å²) in [5, 5.41) is 19.4. The van der Waals surface area contributed by atoms with Crippen LogP contribution >= 0.6 is 0 Å². The first-order valence-corrected chi connectivity index (χ1v) is 14.3. The van der Waals surface area contributed by atoms with Gasteiger partial charge in [0.1, 0.15) is 11.2 Å². The number of amides is 2. The average molecular weight is 599 g/mol. The zero-order valence-electron chi connectivity index (χ0n) is 22.1. The summed E-state index contributed by atoms with van der Waals surface area (Å²) in [7, 11) is -3.67. The molecule has 0 radical (unpaired) electrons. The molecule has 1 fully saturated rings. The van der Waals surface area contributed by atoms with Crippen LogP contribution in [0.2, 0.25) is 0 Å². The standard InChI is InChI=1S/C25H20FN7O4.CH4O3S/c26-21-15(18-8-4-14(12-32(18)36)31-10-2-1-3-20(31)34)6-7-16-22(25(28)35)29-33(23(16)21)13-5-9-19-17(11-13)24(27)30-37-19;1-5(2,3)4/h4-9,11-12H,1-3,10H2,(H4-,27,28,29,30,35,36);1H3,(H,2,3,4)/p+1.